The Hall–Kier alpha value is -2.03. The molecule has 0 spiro atoms. The summed E-state index contributed by atoms with van der Waals surface area (Å²) in [5, 5.41) is 0. The fraction of sp³-hybridized carbons (Fsp3) is 0.0833. The van der Waals surface area contributed by atoms with Crippen LogP contribution >= 0.6 is 0 Å². The molecule has 0 saturated carbocycles. The number of anilines is 1. The molecule has 15 heavy (non-hydrogen) atoms. The Morgan fingerprint density at radius 2 is 1.93 bits per heavy atom. The predicted octanol–water partition coefficient (Wildman–Crippen LogP) is 2.34. The first-order valence-corrected chi connectivity index (χ1v) is 4.66. The fourth-order valence-corrected chi connectivity index (χ4v) is 1.41. The normalized spacial score (nSPS) is 9.93. The van der Waals surface area contributed by atoms with Crippen LogP contribution in [0.15, 0.2) is 42.6 Å². The van der Waals surface area contributed by atoms with E-state index < -0.39 is 0 Å². The van der Waals surface area contributed by atoms with Crippen LogP contribution in [0, 0.1) is 0 Å². The highest BCUT2D eigenvalue weighted by atomic mass is 16.5. The lowest BCUT2D eigenvalue weighted by Gasteiger charge is -2.06. The van der Waals surface area contributed by atoms with Crippen LogP contribution in [0.1, 0.15) is 0 Å². The van der Waals surface area contributed by atoms with E-state index >= 15 is 0 Å². The lowest BCUT2D eigenvalue weighted by molar-refractivity contribution is 0.413. The van der Waals surface area contributed by atoms with Crippen molar-refractivity contribution in [3.63, 3.8) is 0 Å². The van der Waals surface area contributed by atoms with Gasteiger partial charge < -0.3 is 10.5 Å². The largest absolute Gasteiger partial charge is 0.495 e. The van der Waals surface area contributed by atoms with E-state index in [2.05, 4.69) is 4.98 Å². The Labute approximate surface area is 88.5 Å². The Kier molecular flexibility index (Phi) is 2.54. The Morgan fingerprint density at radius 1 is 1.20 bits per heavy atom. The van der Waals surface area contributed by atoms with E-state index in [1.54, 1.807) is 19.4 Å². The van der Waals surface area contributed by atoms with Crippen LogP contribution in [0.5, 0.6) is 5.75 Å². The third-order valence-electron chi connectivity index (χ3n) is 2.18. The molecule has 2 rings (SSSR count). The maximum absolute atomic E-state index is 5.89. The third kappa shape index (κ3) is 1.91. The molecule has 0 fully saturated rings. The highest BCUT2D eigenvalue weighted by Gasteiger charge is 2.04. The van der Waals surface area contributed by atoms with Gasteiger partial charge in [-0.15, -0.1) is 0 Å². The highest BCUT2D eigenvalue weighted by molar-refractivity contribution is 5.73. The summed E-state index contributed by atoms with van der Waals surface area (Å²) in [5.74, 6) is 0.673. The van der Waals surface area contributed by atoms with Crippen LogP contribution in [0.2, 0.25) is 0 Å². The molecule has 3 heteroatoms. The first-order valence-electron chi connectivity index (χ1n) is 4.66. The van der Waals surface area contributed by atoms with Gasteiger partial charge in [-0.05, 0) is 0 Å². The summed E-state index contributed by atoms with van der Waals surface area (Å²) < 4.78 is 5.04. The molecular weight excluding hydrogens is 188 g/mol. The zero-order valence-electron chi connectivity index (χ0n) is 8.47. The van der Waals surface area contributed by atoms with Gasteiger partial charge in [0.2, 0.25) is 0 Å². The second kappa shape index (κ2) is 4.00. The summed E-state index contributed by atoms with van der Waals surface area (Å²) in [5.41, 5.74) is 8.31. The molecule has 2 N–H and O–H groups in total. The summed E-state index contributed by atoms with van der Waals surface area (Å²) >= 11 is 0. The fourth-order valence-electron chi connectivity index (χ4n) is 1.41. The van der Waals surface area contributed by atoms with Gasteiger partial charge in [0.25, 0.3) is 0 Å². The van der Waals surface area contributed by atoms with Gasteiger partial charge in [0.1, 0.15) is 5.75 Å². The molecule has 0 saturated heterocycles. The summed E-state index contributed by atoms with van der Waals surface area (Å²) in [6.07, 6.45) is 1.67. The minimum absolute atomic E-state index is 0.626. The van der Waals surface area contributed by atoms with Crippen molar-refractivity contribution in [2.24, 2.45) is 0 Å². The molecule has 0 aliphatic rings. The molecule has 0 bridgehead atoms. The molecule has 3 nitrogen and oxygen atoms in total. The van der Waals surface area contributed by atoms with Crippen molar-refractivity contribution in [3.8, 4) is 17.0 Å². The van der Waals surface area contributed by atoms with Gasteiger partial charge in [0, 0.05) is 11.6 Å². The van der Waals surface area contributed by atoms with E-state index in [-0.39, 0.29) is 0 Å². The van der Waals surface area contributed by atoms with Crippen molar-refractivity contribution >= 4 is 5.69 Å². The van der Waals surface area contributed by atoms with E-state index in [0.29, 0.717) is 11.4 Å². The van der Waals surface area contributed by atoms with Crippen molar-refractivity contribution < 1.29 is 4.74 Å². The number of aromatic nitrogens is 1. The molecule has 0 aliphatic heterocycles. The van der Waals surface area contributed by atoms with Gasteiger partial charge in [0.15, 0.2) is 0 Å². The second-order valence-corrected chi connectivity index (χ2v) is 3.18. The van der Waals surface area contributed by atoms with Crippen molar-refractivity contribution in [1.29, 1.82) is 0 Å². The Morgan fingerprint density at radius 3 is 2.53 bits per heavy atom. The summed E-state index contributed by atoms with van der Waals surface area (Å²) in [6.45, 7) is 0. The van der Waals surface area contributed by atoms with Gasteiger partial charge in [-0.1, -0.05) is 30.3 Å². The maximum atomic E-state index is 5.89. The van der Waals surface area contributed by atoms with Gasteiger partial charge in [-0.2, -0.15) is 0 Å². The topological polar surface area (TPSA) is 48.1 Å². The van der Waals surface area contributed by atoms with Crippen molar-refractivity contribution in [2.45, 2.75) is 0 Å². The van der Waals surface area contributed by atoms with Crippen molar-refractivity contribution in [1.82, 2.24) is 4.98 Å². The summed E-state index contributed by atoms with van der Waals surface area (Å²) in [7, 11) is 1.60. The van der Waals surface area contributed by atoms with Crippen LogP contribution in [0.4, 0.5) is 5.69 Å². The van der Waals surface area contributed by atoms with E-state index in [0.717, 1.165) is 11.3 Å². The molecule has 1 aromatic heterocycles. The molecular formula is C12H12N2O. The summed E-state index contributed by atoms with van der Waals surface area (Å²) in [4.78, 5) is 4.27. The Bertz CT molecular complexity index is 454. The first kappa shape index (κ1) is 9.52. The predicted molar refractivity (Wildman–Crippen MR) is 60.6 cm³/mol. The average Bonchev–Trinajstić information content (AvgIpc) is 2.30. The number of hydrogen-bond acceptors (Lipinski definition) is 3. The smallest absolute Gasteiger partial charge is 0.139 e. The minimum atomic E-state index is 0.626. The number of hydrogen-bond donors (Lipinski definition) is 1. The van der Waals surface area contributed by atoms with Gasteiger partial charge in [-0.25, -0.2) is 0 Å². The maximum Gasteiger partial charge on any atom is 0.139 e. The molecule has 2 aromatic rings. The van der Waals surface area contributed by atoms with Crippen LogP contribution in [-0.2, 0) is 0 Å². The molecule has 0 atom stereocenters. The molecule has 1 heterocycles. The number of rotatable bonds is 2. The van der Waals surface area contributed by atoms with Gasteiger partial charge >= 0.3 is 0 Å². The van der Waals surface area contributed by atoms with Crippen LogP contribution in [0.25, 0.3) is 11.3 Å². The first-order chi connectivity index (χ1) is 7.31. The van der Waals surface area contributed by atoms with Gasteiger partial charge in [0.05, 0.1) is 24.7 Å². The SMILES string of the molecule is COc1cnc(-c2ccccc2)c(N)c1. The lowest BCUT2D eigenvalue weighted by atomic mass is 10.1. The quantitative estimate of drug-likeness (QED) is 0.809. The lowest BCUT2D eigenvalue weighted by Crippen LogP contribution is -1.94. The van der Waals surface area contributed by atoms with E-state index in [1.807, 2.05) is 30.3 Å². The van der Waals surface area contributed by atoms with Crippen LogP contribution < -0.4 is 10.5 Å². The average molecular weight is 200 g/mol. The third-order valence-corrected chi connectivity index (χ3v) is 2.18. The van der Waals surface area contributed by atoms with Crippen molar-refractivity contribution in [3.05, 3.63) is 42.6 Å². The number of nitrogens with two attached hydrogens (primary N) is 1. The number of benzene rings is 1. The Balaban J connectivity index is 2.46. The molecule has 76 valence electrons. The highest BCUT2D eigenvalue weighted by Crippen LogP contribution is 2.25. The number of methoxy groups -OCH3 is 1. The molecule has 0 unspecified atom stereocenters. The molecule has 0 amide bonds. The zero-order chi connectivity index (χ0) is 10.7. The monoisotopic (exact) mass is 200 g/mol. The van der Waals surface area contributed by atoms with Crippen LogP contribution in [0.3, 0.4) is 0 Å². The summed E-state index contributed by atoms with van der Waals surface area (Å²) in [6, 6.07) is 11.6. The van der Waals surface area contributed by atoms with E-state index in [4.69, 9.17) is 10.5 Å². The van der Waals surface area contributed by atoms with Crippen molar-refractivity contribution in [2.75, 3.05) is 12.8 Å². The van der Waals surface area contributed by atoms with E-state index in [1.165, 1.54) is 0 Å². The molecule has 1 aromatic carbocycles. The number of nitrogens with zero attached hydrogens (tertiary/aromatic N) is 1. The second-order valence-electron chi connectivity index (χ2n) is 3.18. The van der Waals surface area contributed by atoms with Crippen LogP contribution in [-0.4, -0.2) is 12.1 Å². The standard InChI is InChI=1S/C12H12N2O/c1-15-10-7-11(13)12(14-8-10)9-5-3-2-4-6-9/h2-8H,13H2,1H3. The molecule has 0 aliphatic carbocycles. The minimum Gasteiger partial charge on any atom is -0.495 e. The number of ether oxygens (including phenoxy) is 1. The van der Waals surface area contributed by atoms with Gasteiger partial charge in [-0.3, -0.25) is 4.98 Å². The molecule has 0 radical (unpaired) electrons. The number of pyridine rings is 1. The zero-order valence-corrected chi connectivity index (χ0v) is 8.47. The number of nitrogen functional groups attached to an aromatic ring is 1. The van der Waals surface area contributed by atoms with E-state index in [9.17, 15) is 0 Å².